The lowest BCUT2D eigenvalue weighted by atomic mass is 10.1. The molecule has 0 saturated carbocycles. The molecule has 0 aliphatic carbocycles. The number of hydrogen-bond acceptors (Lipinski definition) is 4. The first kappa shape index (κ1) is 16.4. The Morgan fingerprint density at radius 2 is 1.90 bits per heavy atom. The number of nitrogens with one attached hydrogen (secondary N) is 2. The first-order chi connectivity index (χ1) is 9.28. The fourth-order valence-electron chi connectivity index (χ4n) is 1.71. The van der Waals surface area contributed by atoms with Gasteiger partial charge < -0.3 is 16.4 Å². The van der Waals surface area contributed by atoms with Crippen molar-refractivity contribution in [1.82, 2.24) is 5.32 Å². The van der Waals surface area contributed by atoms with E-state index in [0.717, 1.165) is 5.56 Å². The standard InChI is InChI=1S/C12H20N4O3S/c1-9(15-7-2-8-20(14,18)19)10-3-5-11(6-4-10)16-12(13)17/h3-6,9,15H,2,7-8H2,1H3,(H3,13,16,17)(H2,14,18,19). The smallest absolute Gasteiger partial charge is 0.316 e. The van der Waals surface area contributed by atoms with Crippen LogP contribution in [-0.4, -0.2) is 26.7 Å². The maximum atomic E-state index is 10.8. The van der Waals surface area contributed by atoms with Gasteiger partial charge in [0, 0.05) is 11.7 Å². The SMILES string of the molecule is CC(NCCCS(N)(=O)=O)c1ccc(NC(N)=O)cc1. The Labute approximate surface area is 118 Å². The molecule has 20 heavy (non-hydrogen) atoms. The molecule has 6 N–H and O–H groups in total. The fourth-order valence-corrected chi connectivity index (χ4v) is 2.25. The molecule has 0 aliphatic heterocycles. The van der Waals surface area contributed by atoms with Gasteiger partial charge in [-0.25, -0.2) is 18.4 Å². The molecule has 2 amide bonds. The molecule has 0 aromatic heterocycles. The summed E-state index contributed by atoms with van der Waals surface area (Å²) in [5, 5.41) is 10.6. The van der Waals surface area contributed by atoms with Crippen LogP contribution in [0.4, 0.5) is 10.5 Å². The zero-order chi connectivity index (χ0) is 15.2. The second kappa shape index (κ2) is 7.22. The average molecular weight is 300 g/mol. The molecule has 112 valence electrons. The Balaban J connectivity index is 2.43. The molecule has 0 saturated heterocycles. The van der Waals surface area contributed by atoms with Crippen LogP contribution in [0, 0.1) is 0 Å². The number of amides is 2. The normalized spacial score (nSPS) is 12.9. The number of sulfonamides is 1. The number of benzene rings is 1. The van der Waals surface area contributed by atoms with Crippen LogP contribution in [-0.2, 0) is 10.0 Å². The second-order valence-electron chi connectivity index (χ2n) is 4.51. The maximum absolute atomic E-state index is 10.8. The Morgan fingerprint density at radius 3 is 2.40 bits per heavy atom. The summed E-state index contributed by atoms with van der Waals surface area (Å²) < 4.78 is 21.6. The molecule has 7 nitrogen and oxygen atoms in total. The monoisotopic (exact) mass is 300 g/mol. The van der Waals surface area contributed by atoms with E-state index in [1.54, 1.807) is 12.1 Å². The highest BCUT2D eigenvalue weighted by Crippen LogP contribution is 2.15. The van der Waals surface area contributed by atoms with E-state index < -0.39 is 16.1 Å². The summed E-state index contributed by atoms with van der Waals surface area (Å²) in [6.07, 6.45) is 0.463. The van der Waals surface area contributed by atoms with Crippen molar-refractivity contribution < 1.29 is 13.2 Å². The van der Waals surface area contributed by atoms with Gasteiger partial charge in [0.05, 0.1) is 5.75 Å². The van der Waals surface area contributed by atoms with Crippen molar-refractivity contribution in [1.29, 1.82) is 0 Å². The number of carbonyl (C=O) groups excluding carboxylic acids is 1. The van der Waals surface area contributed by atoms with Gasteiger partial charge in [-0.05, 0) is 37.6 Å². The molecule has 0 bridgehead atoms. The highest BCUT2D eigenvalue weighted by Gasteiger charge is 2.06. The Bertz CT molecular complexity index is 542. The number of carbonyl (C=O) groups is 1. The third-order valence-electron chi connectivity index (χ3n) is 2.73. The number of primary amides is 1. The summed E-state index contributed by atoms with van der Waals surface area (Å²) >= 11 is 0. The minimum atomic E-state index is -3.40. The number of hydrogen-bond donors (Lipinski definition) is 4. The molecule has 0 fully saturated rings. The van der Waals surface area contributed by atoms with Crippen LogP contribution in [0.15, 0.2) is 24.3 Å². The average Bonchev–Trinajstić information content (AvgIpc) is 2.33. The molecular formula is C12H20N4O3S. The fraction of sp³-hybridized carbons (Fsp3) is 0.417. The molecule has 1 unspecified atom stereocenters. The quantitative estimate of drug-likeness (QED) is 0.547. The van der Waals surface area contributed by atoms with E-state index in [1.807, 2.05) is 19.1 Å². The highest BCUT2D eigenvalue weighted by molar-refractivity contribution is 7.89. The maximum Gasteiger partial charge on any atom is 0.316 e. The van der Waals surface area contributed by atoms with Crippen LogP contribution >= 0.6 is 0 Å². The van der Waals surface area contributed by atoms with Gasteiger partial charge in [0.15, 0.2) is 0 Å². The molecular weight excluding hydrogens is 280 g/mol. The molecule has 1 aromatic carbocycles. The van der Waals surface area contributed by atoms with Crippen molar-refractivity contribution in [2.24, 2.45) is 10.9 Å². The van der Waals surface area contributed by atoms with E-state index in [4.69, 9.17) is 10.9 Å². The van der Waals surface area contributed by atoms with Gasteiger partial charge >= 0.3 is 6.03 Å². The predicted molar refractivity (Wildman–Crippen MR) is 78.7 cm³/mol. The largest absolute Gasteiger partial charge is 0.351 e. The van der Waals surface area contributed by atoms with E-state index in [0.29, 0.717) is 18.7 Å². The third kappa shape index (κ3) is 6.50. The van der Waals surface area contributed by atoms with Crippen LogP contribution in [0.5, 0.6) is 0 Å². The molecule has 0 radical (unpaired) electrons. The molecule has 1 atom stereocenters. The molecule has 0 aliphatic rings. The van der Waals surface area contributed by atoms with Crippen molar-refractivity contribution in [2.45, 2.75) is 19.4 Å². The Morgan fingerprint density at radius 1 is 1.30 bits per heavy atom. The molecule has 0 spiro atoms. The van der Waals surface area contributed by atoms with Crippen molar-refractivity contribution in [3.63, 3.8) is 0 Å². The van der Waals surface area contributed by atoms with Gasteiger partial charge in [-0.3, -0.25) is 0 Å². The van der Waals surface area contributed by atoms with Gasteiger partial charge in [0.1, 0.15) is 0 Å². The predicted octanol–water partition coefficient (Wildman–Crippen LogP) is 0.506. The number of urea groups is 1. The Kier molecular flexibility index (Phi) is 5.93. The first-order valence-electron chi connectivity index (χ1n) is 6.18. The lowest BCUT2D eigenvalue weighted by molar-refractivity contribution is 0.259. The van der Waals surface area contributed by atoms with E-state index in [2.05, 4.69) is 10.6 Å². The van der Waals surface area contributed by atoms with Crippen LogP contribution in [0.1, 0.15) is 24.9 Å². The van der Waals surface area contributed by atoms with Crippen molar-refractivity contribution in [3.8, 4) is 0 Å². The van der Waals surface area contributed by atoms with E-state index in [1.165, 1.54) is 0 Å². The zero-order valence-corrected chi connectivity index (χ0v) is 12.1. The number of primary sulfonamides is 1. The molecule has 1 rings (SSSR count). The van der Waals surface area contributed by atoms with Crippen LogP contribution in [0.25, 0.3) is 0 Å². The van der Waals surface area contributed by atoms with E-state index >= 15 is 0 Å². The van der Waals surface area contributed by atoms with Crippen molar-refractivity contribution >= 4 is 21.7 Å². The minimum absolute atomic E-state index is 0.0335. The summed E-state index contributed by atoms with van der Waals surface area (Å²) in [6, 6.07) is 6.70. The lowest BCUT2D eigenvalue weighted by Gasteiger charge is -2.14. The highest BCUT2D eigenvalue weighted by atomic mass is 32.2. The van der Waals surface area contributed by atoms with Crippen LogP contribution in [0.3, 0.4) is 0 Å². The van der Waals surface area contributed by atoms with Crippen LogP contribution in [0.2, 0.25) is 0 Å². The van der Waals surface area contributed by atoms with Gasteiger partial charge in [-0.2, -0.15) is 0 Å². The minimum Gasteiger partial charge on any atom is -0.351 e. The number of nitrogens with two attached hydrogens (primary N) is 2. The topological polar surface area (TPSA) is 127 Å². The zero-order valence-electron chi connectivity index (χ0n) is 11.3. The molecule has 1 aromatic rings. The summed E-state index contributed by atoms with van der Waals surface area (Å²) in [5.74, 6) is -0.0335. The third-order valence-corrected chi connectivity index (χ3v) is 3.59. The summed E-state index contributed by atoms with van der Waals surface area (Å²) in [6.45, 7) is 2.52. The summed E-state index contributed by atoms with van der Waals surface area (Å²) in [5.41, 5.74) is 6.67. The first-order valence-corrected chi connectivity index (χ1v) is 7.90. The van der Waals surface area contributed by atoms with E-state index in [-0.39, 0.29) is 11.8 Å². The Hall–Kier alpha value is -1.64. The molecule has 0 heterocycles. The summed E-state index contributed by atoms with van der Waals surface area (Å²) in [7, 11) is -3.40. The molecule has 8 heteroatoms. The van der Waals surface area contributed by atoms with E-state index in [9.17, 15) is 13.2 Å². The summed E-state index contributed by atoms with van der Waals surface area (Å²) in [4.78, 5) is 10.7. The van der Waals surface area contributed by atoms with Gasteiger partial charge in [-0.15, -0.1) is 0 Å². The van der Waals surface area contributed by atoms with Crippen molar-refractivity contribution in [2.75, 3.05) is 17.6 Å². The number of rotatable bonds is 7. The van der Waals surface area contributed by atoms with Gasteiger partial charge in [-0.1, -0.05) is 12.1 Å². The van der Waals surface area contributed by atoms with Gasteiger partial charge in [0.25, 0.3) is 0 Å². The second-order valence-corrected chi connectivity index (χ2v) is 6.24. The van der Waals surface area contributed by atoms with Crippen LogP contribution < -0.4 is 21.5 Å². The lowest BCUT2D eigenvalue weighted by Crippen LogP contribution is -2.24. The number of anilines is 1. The van der Waals surface area contributed by atoms with Gasteiger partial charge in [0.2, 0.25) is 10.0 Å². The van der Waals surface area contributed by atoms with Crippen molar-refractivity contribution in [3.05, 3.63) is 29.8 Å².